The Morgan fingerprint density at radius 1 is 1.26 bits per heavy atom. The maximum Gasteiger partial charge on any atom is 0.256 e. The van der Waals surface area contributed by atoms with Crippen LogP contribution in [0.4, 0.5) is 0 Å². The minimum Gasteiger partial charge on any atom is -0.372 e. The average molecular weight is 258 g/mol. The highest BCUT2D eigenvalue weighted by Crippen LogP contribution is 2.20. The van der Waals surface area contributed by atoms with Crippen molar-refractivity contribution in [1.82, 2.24) is 9.88 Å². The van der Waals surface area contributed by atoms with Crippen molar-refractivity contribution in [3.8, 4) is 0 Å². The van der Waals surface area contributed by atoms with Crippen LogP contribution in [0.2, 0.25) is 0 Å². The van der Waals surface area contributed by atoms with Crippen molar-refractivity contribution in [3.05, 3.63) is 36.0 Å². The van der Waals surface area contributed by atoms with Crippen LogP contribution in [-0.2, 0) is 4.74 Å². The molecule has 1 amide bonds. The Labute approximate surface area is 112 Å². The van der Waals surface area contributed by atoms with Gasteiger partial charge >= 0.3 is 0 Å². The number of amides is 1. The van der Waals surface area contributed by atoms with Crippen molar-refractivity contribution < 1.29 is 9.53 Å². The van der Waals surface area contributed by atoms with Crippen molar-refractivity contribution >= 4 is 16.8 Å². The average Bonchev–Trinajstić information content (AvgIpc) is 2.84. The van der Waals surface area contributed by atoms with Crippen molar-refractivity contribution in [1.29, 1.82) is 0 Å². The third kappa shape index (κ3) is 2.24. The molecule has 1 fully saturated rings. The summed E-state index contributed by atoms with van der Waals surface area (Å²) in [5.41, 5.74) is 1.66. The van der Waals surface area contributed by atoms with E-state index in [4.69, 9.17) is 4.74 Å². The van der Waals surface area contributed by atoms with Gasteiger partial charge in [0.2, 0.25) is 0 Å². The summed E-state index contributed by atoms with van der Waals surface area (Å²) in [4.78, 5) is 17.7. The highest BCUT2D eigenvalue weighted by atomic mass is 16.5. The summed E-state index contributed by atoms with van der Waals surface area (Å²) in [7, 11) is 0. The SMILES string of the molecule is CC1CN(C(=O)c2cccc3cc[nH]c23)CC(C)O1. The van der Waals surface area contributed by atoms with Crippen LogP contribution < -0.4 is 0 Å². The summed E-state index contributed by atoms with van der Waals surface area (Å²) in [5, 5.41) is 1.07. The van der Waals surface area contributed by atoms with Gasteiger partial charge in [-0.1, -0.05) is 12.1 Å². The second-order valence-electron chi connectivity index (χ2n) is 5.21. The van der Waals surface area contributed by atoms with Crippen molar-refractivity contribution in [2.45, 2.75) is 26.1 Å². The summed E-state index contributed by atoms with van der Waals surface area (Å²) < 4.78 is 5.67. The standard InChI is InChI=1S/C15H18N2O2/c1-10-8-17(9-11(2)19-10)15(18)13-5-3-4-12-6-7-16-14(12)13/h3-7,10-11,16H,8-9H2,1-2H3. The van der Waals surface area contributed by atoms with Gasteiger partial charge in [0.15, 0.2) is 0 Å². The summed E-state index contributed by atoms with van der Waals surface area (Å²) in [6, 6.07) is 7.80. The van der Waals surface area contributed by atoms with E-state index in [9.17, 15) is 4.79 Å². The number of rotatable bonds is 1. The van der Waals surface area contributed by atoms with E-state index in [0.29, 0.717) is 13.1 Å². The molecule has 3 rings (SSSR count). The van der Waals surface area contributed by atoms with E-state index in [0.717, 1.165) is 16.5 Å². The van der Waals surface area contributed by atoms with Crippen molar-refractivity contribution in [3.63, 3.8) is 0 Å². The molecular weight excluding hydrogens is 240 g/mol. The van der Waals surface area contributed by atoms with Gasteiger partial charge in [-0.25, -0.2) is 0 Å². The molecule has 19 heavy (non-hydrogen) atoms. The Morgan fingerprint density at radius 2 is 2.00 bits per heavy atom. The third-order valence-electron chi connectivity index (χ3n) is 3.52. The molecule has 0 aliphatic carbocycles. The molecule has 2 atom stereocenters. The summed E-state index contributed by atoms with van der Waals surface area (Å²) in [6.07, 6.45) is 2.05. The van der Waals surface area contributed by atoms with Crippen molar-refractivity contribution in [2.75, 3.05) is 13.1 Å². The summed E-state index contributed by atoms with van der Waals surface area (Å²) in [5.74, 6) is 0.0788. The Hall–Kier alpha value is -1.81. The van der Waals surface area contributed by atoms with Gasteiger partial charge in [0, 0.05) is 24.7 Å². The van der Waals surface area contributed by atoms with Gasteiger partial charge in [0.1, 0.15) is 0 Å². The van der Waals surface area contributed by atoms with Crippen LogP contribution in [0.1, 0.15) is 24.2 Å². The van der Waals surface area contributed by atoms with Gasteiger partial charge in [0.25, 0.3) is 5.91 Å². The van der Waals surface area contributed by atoms with E-state index in [1.807, 2.05) is 49.2 Å². The molecular formula is C15H18N2O2. The topological polar surface area (TPSA) is 45.3 Å². The van der Waals surface area contributed by atoms with Crippen LogP contribution in [0, 0.1) is 0 Å². The number of H-pyrrole nitrogens is 1. The zero-order valence-electron chi connectivity index (χ0n) is 11.2. The lowest BCUT2D eigenvalue weighted by Gasteiger charge is -2.35. The molecule has 0 bridgehead atoms. The number of para-hydroxylation sites is 1. The van der Waals surface area contributed by atoms with Crippen molar-refractivity contribution in [2.24, 2.45) is 0 Å². The van der Waals surface area contributed by atoms with Crippen LogP contribution in [0.3, 0.4) is 0 Å². The molecule has 2 unspecified atom stereocenters. The third-order valence-corrected chi connectivity index (χ3v) is 3.52. The second kappa shape index (κ2) is 4.70. The molecule has 0 radical (unpaired) electrons. The molecule has 100 valence electrons. The minimum atomic E-state index is 0.0788. The number of benzene rings is 1. The molecule has 0 spiro atoms. The Kier molecular flexibility index (Phi) is 3.03. The van der Waals surface area contributed by atoms with Gasteiger partial charge in [-0.3, -0.25) is 4.79 Å². The number of hydrogen-bond donors (Lipinski definition) is 1. The minimum absolute atomic E-state index is 0.0788. The lowest BCUT2D eigenvalue weighted by Crippen LogP contribution is -2.48. The molecule has 2 aromatic rings. The predicted octanol–water partition coefficient (Wildman–Crippen LogP) is 2.42. The normalized spacial score (nSPS) is 23.8. The smallest absolute Gasteiger partial charge is 0.256 e. The Bertz CT molecular complexity index is 595. The van der Waals surface area contributed by atoms with Gasteiger partial charge in [-0.2, -0.15) is 0 Å². The molecule has 1 aromatic heterocycles. The number of carbonyl (C=O) groups excluding carboxylic acids is 1. The van der Waals surface area contributed by atoms with Gasteiger partial charge in [-0.15, -0.1) is 0 Å². The van der Waals surface area contributed by atoms with Gasteiger partial charge < -0.3 is 14.6 Å². The van der Waals surface area contributed by atoms with Crippen LogP contribution in [0.5, 0.6) is 0 Å². The first kappa shape index (κ1) is 12.2. The van der Waals surface area contributed by atoms with Crippen LogP contribution in [-0.4, -0.2) is 41.1 Å². The Morgan fingerprint density at radius 3 is 2.74 bits per heavy atom. The first-order valence-corrected chi connectivity index (χ1v) is 6.66. The van der Waals surface area contributed by atoms with Gasteiger partial charge in [-0.05, 0) is 26.0 Å². The van der Waals surface area contributed by atoms with E-state index < -0.39 is 0 Å². The molecule has 1 aromatic carbocycles. The lowest BCUT2D eigenvalue weighted by atomic mass is 10.1. The number of morpholine rings is 1. The molecule has 2 heterocycles. The number of aromatic nitrogens is 1. The van der Waals surface area contributed by atoms with Crippen LogP contribution >= 0.6 is 0 Å². The largest absolute Gasteiger partial charge is 0.372 e. The maximum atomic E-state index is 12.7. The monoisotopic (exact) mass is 258 g/mol. The van der Waals surface area contributed by atoms with E-state index in [1.165, 1.54) is 0 Å². The van der Waals surface area contributed by atoms with Gasteiger partial charge in [0.05, 0.1) is 23.3 Å². The molecule has 4 nitrogen and oxygen atoms in total. The lowest BCUT2D eigenvalue weighted by molar-refractivity contribution is -0.0585. The summed E-state index contributed by atoms with van der Waals surface area (Å²) >= 11 is 0. The number of nitrogens with one attached hydrogen (secondary N) is 1. The highest BCUT2D eigenvalue weighted by Gasteiger charge is 2.27. The zero-order valence-corrected chi connectivity index (χ0v) is 11.2. The van der Waals surface area contributed by atoms with E-state index in [-0.39, 0.29) is 18.1 Å². The fourth-order valence-corrected chi connectivity index (χ4v) is 2.78. The van der Waals surface area contributed by atoms with E-state index >= 15 is 0 Å². The fourth-order valence-electron chi connectivity index (χ4n) is 2.78. The first-order chi connectivity index (χ1) is 9.15. The number of aromatic amines is 1. The van der Waals surface area contributed by atoms with E-state index in [1.54, 1.807) is 0 Å². The fraction of sp³-hybridized carbons (Fsp3) is 0.400. The molecule has 1 aliphatic heterocycles. The molecule has 1 saturated heterocycles. The Balaban J connectivity index is 1.93. The summed E-state index contributed by atoms with van der Waals surface area (Å²) in [6.45, 7) is 5.32. The second-order valence-corrected chi connectivity index (χ2v) is 5.21. The molecule has 4 heteroatoms. The molecule has 1 N–H and O–H groups in total. The first-order valence-electron chi connectivity index (χ1n) is 6.66. The van der Waals surface area contributed by atoms with Crippen LogP contribution in [0.25, 0.3) is 10.9 Å². The zero-order chi connectivity index (χ0) is 13.4. The number of nitrogens with zero attached hydrogens (tertiary/aromatic N) is 1. The highest BCUT2D eigenvalue weighted by molar-refractivity contribution is 6.05. The quantitative estimate of drug-likeness (QED) is 0.853. The maximum absolute atomic E-state index is 12.7. The predicted molar refractivity (Wildman–Crippen MR) is 74.2 cm³/mol. The number of ether oxygens (including phenoxy) is 1. The number of fused-ring (bicyclic) bond motifs is 1. The molecule has 0 saturated carbocycles. The number of hydrogen-bond acceptors (Lipinski definition) is 2. The number of carbonyl (C=O) groups is 1. The molecule has 1 aliphatic rings. The van der Waals surface area contributed by atoms with Crippen LogP contribution in [0.15, 0.2) is 30.5 Å². The van der Waals surface area contributed by atoms with E-state index in [2.05, 4.69) is 4.98 Å².